The second kappa shape index (κ2) is 5.93. The molecule has 0 spiro atoms. The van der Waals surface area contributed by atoms with E-state index >= 15 is 0 Å². The minimum absolute atomic E-state index is 0.194. The summed E-state index contributed by atoms with van der Waals surface area (Å²) in [5.41, 5.74) is 0. The lowest BCUT2D eigenvalue weighted by Gasteiger charge is -2.09. The molecule has 1 aromatic rings. The standard InChI is InChI=1S/C10H17N3O2S/c1-9(2)12-6-7-13-16(14,15)10-4-3-5-11-8-10/h3-5,8-9,12-13H,6-7H2,1-2H3. The zero-order chi connectivity index (χ0) is 12.0. The van der Waals surface area contributed by atoms with Crippen LogP contribution in [0.3, 0.4) is 0 Å². The third-order valence-corrected chi connectivity index (χ3v) is 3.36. The molecular weight excluding hydrogens is 226 g/mol. The maximum Gasteiger partial charge on any atom is 0.242 e. The lowest BCUT2D eigenvalue weighted by atomic mass is 10.4. The van der Waals surface area contributed by atoms with Crippen LogP contribution in [0.4, 0.5) is 0 Å². The average molecular weight is 243 g/mol. The quantitative estimate of drug-likeness (QED) is 0.708. The summed E-state index contributed by atoms with van der Waals surface area (Å²) in [4.78, 5) is 3.97. The van der Waals surface area contributed by atoms with E-state index in [-0.39, 0.29) is 4.90 Å². The first-order valence-electron chi connectivity index (χ1n) is 5.15. The van der Waals surface area contributed by atoms with Crippen molar-refractivity contribution in [3.63, 3.8) is 0 Å². The van der Waals surface area contributed by atoms with E-state index in [0.29, 0.717) is 19.1 Å². The average Bonchev–Trinajstić information content (AvgIpc) is 2.26. The second-order valence-electron chi connectivity index (χ2n) is 3.70. The van der Waals surface area contributed by atoms with Crippen molar-refractivity contribution in [1.82, 2.24) is 15.0 Å². The topological polar surface area (TPSA) is 71.1 Å². The molecule has 0 aliphatic heterocycles. The molecule has 16 heavy (non-hydrogen) atoms. The monoisotopic (exact) mass is 243 g/mol. The van der Waals surface area contributed by atoms with Crippen LogP contribution in [-0.4, -0.2) is 32.5 Å². The molecule has 0 aliphatic rings. The number of hydrogen-bond acceptors (Lipinski definition) is 4. The van der Waals surface area contributed by atoms with Crippen LogP contribution in [0.1, 0.15) is 13.8 Å². The normalized spacial score (nSPS) is 11.9. The van der Waals surface area contributed by atoms with Crippen LogP contribution in [0, 0.1) is 0 Å². The zero-order valence-electron chi connectivity index (χ0n) is 9.47. The van der Waals surface area contributed by atoms with Gasteiger partial charge in [-0.15, -0.1) is 0 Å². The molecular formula is C10H17N3O2S. The van der Waals surface area contributed by atoms with Crippen molar-refractivity contribution in [2.24, 2.45) is 0 Å². The van der Waals surface area contributed by atoms with Gasteiger partial charge in [0.2, 0.25) is 10.0 Å². The summed E-state index contributed by atoms with van der Waals surface area (Å²) >= 11 is 0. The van der Waals surface area contributed by atoms with Crippen molar-refractivity contribution in [2.75, 3.05) is 13.1 Å². The Morgan fingerprint density at radius 2 is 2.12 bits per heavy atom. The summed E-state index contributed by atoms with van der Waals surface area (Å²) in [5, 5.41) is 3.13. The fourth-order valence-corrected chi connectivity index (χ4v) is 2.13. The molecule has 0 unspecified atom stereocenters. The molecule has 0 aromatic carbocycles. The van der Waals surface area contributed by atoms with E-state index in [1.807, 2.05) is 13.8 Å². The molecule has 6 heteroatoms. The van der Waals surface area contributed by atoms with Gasteiger partial charge in [-0.25, -0.2) is 13.1 Å². The SMILES string of the molecule is CC(C)NCCNS(=O)(=O)c1cccnc1. The Labute approximate surface area is 96.3 Å². The molecule has 0 aliphatic carbocycles. The molecule has 0 amide bonds. The first-order valence-corrected chi connectivity index (χ1v) is 6.64. The Bertz CT molecular complexity index is 403. The van der Waals surface area contributed by atoms with Gasteiger partial charge in [-0.1, -0.05) is 13.8 Å². The highest BCUT2D eigenvalue weighted by atomic mass is 32.2. The van der Waals surface area contributed by atoms with Crippen LogP contribution in [0.15, 0.2) is 29.4 Å². The summed E-state index contributed by atoms with van der Waals surface area (Å²) in [7, 11) is -3.41. The van der Waals surface area contributed by atoms with E-state index in [4.69, 9.17) is 0 Å². The smallest absolute Gasteiger partial charge is 0.242 e. The van der Waals surface area contributed by atoms with Crippen LogP contribution in [0.5, 0.6) is 0 Å². The minimum Gasteiger partial charge on any atom is -0.313 e. The largest absolute Gasteiger partial charge is 0.313 e. The molecule has 0 atom stereocenters. The fraction of sp³-hybridized carbons (Fsp3) is 0.500. The van der Waals surface area contributed by atoms with E-state index < -0.39 is 10.0 Å². The molecule has 0 bridgehead atoms. The Hall–Kier alpha value is -0.980. The van der Waals surface area contributed by atoms with Gasteiger partial charge < -0.3 is 5.32 Å². The van der Waals surface area contributed by atoms with Crippen molar-refractivity contribution < 1.29 is 8.42 Å². The van der Waals surface area contributed by atoms with E-state index in [0.717, 1.165) is 0 Å². The van der Waals surface area contributed by atoms with Crippen molar-refractivity contribution >= 4 is 10.0 Å². The first kappa shape index (κ1) is 13.1. The van der Waals surface area contributed by atoms with Crippen LogP contribution in [0.25, 0.3) is 0 Å². The van der Waals surface area contributed by atoms with Crippen molar-refractivity contribution in [3.8, 4) is 0 Å². The summed E-state index contributed by atoms with van der Waals surface area (Å²) in [6, 6.07) is 3.47. The van der Waals surface area contributed by atoms with Gasteiger partial charge >= 0.3 is 0 Å². The van der Waals surface area contributed by atoms with E-state index in [1.54, 1.807) is 12.3 Å². The van der Waals surface area contributed by atoms with Gasteiger partial charge in [0.25, 0.3) is 0 Å². The van der Waals surface area contributed by atoms with Gasteiger partial charge in [0.1, 0.15) is 4.90 Å². The Kier molecular flexibility index (Phi) is 4.85. The van der Waals surface area contributed by atoms with Gasteiger partial charge in [0.05, 0.1) is 0 Å². The van der Waals surface area contributed by atoms with E-state index in [9.17, 15) is 8.42 Å². The third-order valence-electron chi connectivity index (χ3n) is 1.91. The molecule has 0 fully saturated rings. The van der Waals surface area contributed by atoms with Crippen molar-refractivity contribution in [2.45, 2.75) is 24.8 Å². The van der Waals surface area contributed by atoms with Crippen LogP contribution in [0.2, 0.25) is 0 Å². The Morgan fingerprint density at radius 3 is 2.69 bits per heavy atom. The zero-order valence-corrected chi connectivity index (χ0v) is 10.3. The maximum absolute atomic E-state index is 11.7. The van der Waals surface area contributed by atoms with Crippen LogP contribution < -0.4 is 10.0 Å². The predicted octanol–water partition coefficient (Wildman–Crippen LogP) is 0.358. The van der Waals surface area contributed by atoms with Gasteiger partial charge in [-0.05, 0) is 12.1 Å². The summed E-state index contributed by atoms with van der Waals surface area (Å²) in [6.45, 7) is 5.00. The summed E-state index contributed by atoms with van der Waals surface area (Å²) < 4.78 is 25.9. The highest BCUT2D eigenvalue weighted by molar-refractivity contribution is 7.89. The number of aromatic nitrogens is 1. The molecule has 0 saturated heterocycles. The lowest BCUT2D eigenvalue weighted by Crippen LogP contribution is -2.34. The lowest BCUT2D eigenvalue weighted by molar-refractivity contribution is 0.559. The van der Waals surface area contributed by atoms with E-state index in [2.05, 4.69) is 15.0 Å². The number of rotatable bonds is 6. The van der Waals surface area contributed by atoms with Gasteiger partial charge in [-0.3, -0.25) is 4.98 Å². The van der Waals surface area contributed by atoms with Gasteiger partial charge in [-0.2, -0.15) is 0 Å². The Balaban J connectivity index is 2.48. The molecule has 5 nitrogen and oxygen atoms in total. The van der Waals surface area contributed by atoms with Crippen molar-refractivity contribution in [3.05, 3.63) is 24.5 Å². The Morgan fingerprint density at radius 1 is 1.38 bits per heavy atom. The first-order chi connectivity index (χ1) is 7.52. The molecule has 1 heterocycles. The summed E-state index contributed by atoms with van der Waals surface area (Å²) in [6.07, 6.45) is 2.87. The number of pyridine rings is 1. The van der Waals surface area contributed by atoms with Gasteiger partial charge in [0, 0.05) is 31.5 Å². The maximum atomic E-state index is 11.7. The molecule has 0 saturated carbocycles. The fourth-order valence-electron chi connectivity index (χ4n) is 1.14. The number of sulfonamides is 1. The predicted molar refractivity (Wildman–Crippen MR) is 62.6 cm³/mol. The van der Waals surface area contributed by atoms with Crippen LogP contribution >= 0.6 is 0 Å². The van der Waals surface area contributed by atoms with E-state index in [1.165, 1.54) is 12.3 Å². The highest BCUT2D eigenvalue weighted by Gasteiger charge is 2.12. The van der Waals surface area contributed by atoms with Crippen molar-refractivity contribution in [1.29, 1.82) is 0 Å². The molecule has 1 aromatic heterocycles. The molecule has 90 valence electrons. The minimum atomic E-state index is -3.41. The molecule has 1 rings (SSSR count). The number of hydrogen-bond donors (Lipinski definition) is 2. The van der Waals surface area contributed by atoms with Gasteiger partial charge in [0.15, 0.2) is 0 Å². The third kappa shape index (κ3) is 4.26. The second-order valence-corrected chi connectivity index (χ2v) is 5.46. The summed E-state index contributed by atoms with van der Waals surface area (Å²) in [5.74, 6) is 0. The number of nitrogens with zero attached hydrogens (tertiary/aromatic N) is 1. The highest BCUT2D eigenvalue weighted by Crippen LogP contribution is 2.04. The van der Waals surface area contributed by atoms with Crippen LogP contribution in [-0.2, 0) is 10.0 Å². The number of nitrogens with one attached hydrogen (secondary N) is 2. The molecule has 0 radical (unpaired) electrons. The molecule has 2 N–H and O–H groups in total.